The van der Waals surface area contributed by atoms with Crippen molar-refractivity contribution < 1.29 is 4.39 Å². The highest BCUT2D eigenvalue weighted by molar-refractivity contribution is 5.86. The fourth-order valence-electron chi connectivity index (χ4n) is 4.36. The van der Waals surface area contributed by atoms with E-state index < -0.39 is 0 Å². The van der Waals surface area contributed by atoms with Gasteiger partial charge >= 0.3 is 0 Å². The summed E-state index contributed by atoms with van der Waals surface area (Å²) in [5.74, 6) is -0.274. The van der Waals surface area contributed by atoms with Crippen LogP contribution in [0.5, 0.6) is 0 Å². The minimum Gasteiger partial charge on any atom is -0.312 e. The predicted octanol–water partition coefficient (Wildman–Crippen LogP) is 4.53. The SMILES string of the molecule is CCc1nn2c(ncc3c(=O)n(C4CCCC4)ccc32)c1-c1ccc(F)cc1. The molecule has 1 aliphatic rings. The number of benzene rings is 1. The molecular weight excluding hydrogens is 355 g/mol. The predicted molar refractivity (Wildman–Crippen MR) is 107 cm³/mol. The van der Waals surface area contributed by atoms with Crippen molar-refractivity contribution in [2.75, 3.05) is 0 Å². The number of aryl methyl sites for hydroxylation is 1. The average Bonchev–Trinajstić information content (AvgIpc) is 3.36. The largest absolute Gasteiger partial charge is 0.312 e. The third-order valence-corrected chi connectivity index (χ3v) is 5.80. The molecule has 1 aliphatic carbocycles. The summed E-state index contributed by atoms with van der Waals surface area (Å²) in [7, 11) is 0. The Morgan fingerprint density at radius 3 is 2.61 bits per heavy atom. The van der Waals surface area contributed by atoms with Crippen molar-refractivity contribution in [1.82, 2.24) is 19.2 Å². The Labute approximate surface area is 161 Å². The molecule has 1 fully saturated rings. The number of rotatable bonds is 3. The molecule has 6 heteroatoms. The van der Waals surface area contributed by atoms with Gasteiger partial charge in [0.2, 0.25) is 0 Å². The van der Waals surface area contributed by atoms with Crippen molar-refractivity contribution in [2.45, 2.75) is 45.1 Å². The van der Waals surface area contributed by atoms with Gasteiger partial charge in [0.15, 0.2) is 5.65 Å². The van der Waals surface area contributed by atoms with E-state index in [1.807, 2.05) is 23.8 Å². The van der Waals surface area contributed by atoms with Gasteiger partial charge in [-0.2, -0.15) is 5.10 Å². The maximum Gasteiger partial charge on any atom is 0.261 e. The summed E-state index contributed by atoms with van der Waals surface area (Å²) in [6.45, 7) is 2.03. The molecule has 0 aliphatic heterocycles. The van der Waals surface area contributed by atoms with Crippen molar-refractivity contribution in [3.63, 3.8) is 0 Å². The fourth-order valence-corrected chi connectivity index (χ4v) is 4.36. The lowest BCUT2D eigenvalue weighted by Gasteiger charge is -2.14. The first-order valence-electron chi connectivity index (χ1n) is 9.84. The van der Waals surface area contributed by atoms with E-state index in [-0.39, 0.29) is 17.4 Å². The van der Waals surface area contributed by atoms with Gasteiger partial charge in [0.05, 0.1) is 16.6 Å². The Hall–Kier alpha value is -3.02. The molecule has 0 bridgehead atoms. The van der Waals surface area contributed by atoms with Crippen LogP contribution in [-0.4, -0.2) is 19.2 Å². The first-order chi connectivity index (χ1) is 13.7. The van der Waals surface area contributed by atoms with Gasteiger partial charge in [0.1, 0.15) is 5.82 Å². The Morgan fingerprint density at radius 2 is 1.89 bits per heavy atom. The standard InChI is InChI=1S/C22H21FN4O/c1-2-18-20(14-7-9-15(23)10-8-14)21-24-13-17-19(27(21)25-18)11-12-26(22(17)28)16-5-3-4-6-16/h7-13,16H,2-6H2,1H3. The molecule has 1 saturated carbocycles. The van der Waals surface area contributed by atoms with Gasteiger partial charge in [0.25, 0.3) is 5.56 Å². The van der Waals surface area contributed by atoms with Crippen LogP contribution in [0, 0.1) is 5.82 Å². The molecule has 5 rings (SSSR count). The lowest BCUT2D eigenvalue weighted by molar-refractivity contribution is 0.505. The molecule has 0 amide bonds. The van der Waals surface area contributed by atoms with E-state index in [9.17, 15) is 9.18 Å². The molecular formula is C22H21FN4O. The number of nitrogens with zero attached hydrogens (tertiary/aromatic N) is 4. The molecule has 142 valence electrons. The lowest BCUT2D eigenvalue weighted by Crippen LogP contribution is -2.23. The van der Waals surface area contributed by atoms with Gasteiger partial charge < -0.3 is 4.57 Å². The highest BCUT2D eigenvalue weighted by atomic mass is 19.1. The number of pyridine rings is 1. The lowest BCUT2D eigenvalue weighted by atomic mass is 10.0. The second-order valence-electron chi connectivity index (χ2n) is 7.44. The molecule has 0 saturated heterocycles. The molecule has 5 nitrogen and oxygen atoms in total. The summed E-state index contributed by atoms with van der Waals surface area (Å²) in [5, 5.41) is 5.32. The van der Waals surface area contributed by atoms with Crippen molar-refractivity contribution in [3.8, 4) is 11.1 Å². The van der Waals surface area contributed by atoms with E-state index in [1.54, 1.807) is 22.8 Å². The van der Waals surface area contributed by atoms with E-state index in [2.05, 4.69) is 4.98 Å². The second-order valence-corrected chi connectivity index (χ2v) is 7.44. The molecule has 0 radical (unpaired) electrons. The summed E-state index contributed by atoms with van der Waals surface area (Å²) < 4.78 is 17.0. The summed E-state index contributed by atoms with van der Waals surface area (Å²) in [6, 6.07) is 8.63. The summed E-state index contributed by atoms with van der Waals surface area (Å²) in [6.07, 6.45) is 8.72. The van der Waals surface area contributed by atoms with Crippen LogP contribution in [0.4, 0.5) is 4.39 Å². The third-order valence-electron chi connectivity index (χ3n) is 5.80. The zero-order valence-electron chi connectivity index (χ0n) is 15.7. The number of aromatic nitrogens is 4. The van der Waals surface area contributed by atoms with Gasteiger partial charge in [-0.05, 0) is 43.0 Å². The molecule has 1 aromatic carbocycles. The molecule has 3 heterocycles. The van der Waals surface area contributed by atoms with E-state index in [1.165, 1.54) is 25.0 Å². The van der Waals surface area contributed by atoms with Crippen LogP contribution in [0.2, 0.25) is 0 Å². The van der Waals surface area contributed by atoms with Crippen LogP contribution in [0.3, 0.4) is 0 Å². The topological polar surface area (TPSA) is 52.2 Å². The number of hydrogen-bond acceptors (Lipinski definition) is 3. The van der Waals surface area contributed by atoms with E-state index in [4.69, 9.17) is 5.10 Å². The van der Waals surface area contributed by atoms with Crippen LogP contribution in [0.25, 0.3) is 27.7 Å². The molecule has 28 heavy (non-hydrogen) atoms. The van der Waals surface area contributed by atoms with Crippen molar-refractivity contribution in [1.29, 1.82) is 0 Å². The minimum absolute atomic E-state index is 0.00400. The maximum atomic E-state index is 13.4. The van der Waals surface area contributed by atoms with Crippen molar-refractivity contribution >= 4 is 16.6 Å². The highest BCUT2D eigenvalue weighted by Crippen LogP contribution is 2.31. The monoisotopic (exact) mass is 376 g/mol. The average molecular weight is 376 g/mol. The van der Waals surface area contributed by atoms with Gasteiger partial charge in [-0.3, -0.25) is 4.79 Å². The second kappa shape index (κ2) is 6.55. The van der Waals surface area contributed by atoms with Crippen molar-refractivity contribution in [3.05, 3.63) is 64.6 Å². The van der Waals surface area contributed by atoms with Crippen molar-refractivity contribution in [2.24, 2.45) is 0 Å². The van der Waals surface area contributed by atoms with Gasteiger partial charge in [-0.1, -0.05) is 31.9 Å². The molecule has 0 atom stereocenters. The molecule has 3 aromatic heterocycles. The summed E-state index contributed by atoms with van der Waals surface area (Å²) >= 11 is 0. The Bertz CT molecular complexity index is 1230. The smallest absolute Gasteiger partial charge is 0.261 e. The molecule has 4 aromatic rings. The zero-order valence-corrected chi connectivity index (χ0v) is 15.7. The zero-order chi connectivity index (χ0) is 19.3. The summed E-state index contributed by atoms with van der Waals surface area (Å²) in [4.78, 5) is 17.7. The maximum absolute atomic E-state index is 13.4. The first-order valence-corrected chi connectivity index (χ1v) is 9.84. The molecule has 0 spiro atoms. The van der Waals surface area contributed by atoms with Crippen LogP contribution >= 0.6 is 0 Å². The van der Waals surface area contributed by atoms with E-state index >= 15 is 0 Å². The number of hydrogen-bond donors (Lipinski definition) is 0. The van der Waals surface area contributed by atoms with Crippen LogP contribution in [0.15, 0.2) is 47.5 Å². The van der Waals surface area contributed by atoms with Gasteiger partial charge in [-0.25, -0.2) is 13.9 Å². The molecule has 0 unspecified atom stereocenters. The first kappa shape index (κ1) is 17.1. The van der Waals surface area contributed by atoms with Crippen LogP contribution < -0.4 is 5.56 Å². The highest BCUT2D eigenvalue weighted by Gasteiger charge is 2.21. The van der Waals surface area contributed by atoms with Crippen LogP contribution in [-0.2, 0) is 6.42 Å². The van der Waals surface area contributed by atoms with E-state index in [0.717, 1.165) is 41.6 Å². The van der Waals surface area contributed by atoms with Gasteiger partial charge in [0, 0.05) is 24.0 Å². The minimum atomic E-state index is -0.274. The Morgan fingerprint density at radius 1 is 1.14 bits per heavy atom. The van der Waals surface area contributed by atoms with Crippen LogP contribution in [0.1, 0.15) is 44.3 Å². The van der Waals surface area contributed by atoms with E-state index in [0.29, 0.717) is 11.0 Å². The Balaban J connectivity index is 1.76. The summed E-state index contributed by atoms with van der Waals surface area (Å²) in [5.41, 5.74) is 4.09. The van der Waals surface area contributed by atoms with Gasteiger partial charge in [-0.15, -0.1) is 0 Å². The fraction of sp³-hybridized carbons (Fsp3) is 0.318. The normalized spacial score (nSPS) is 15.1. The number of halogens is 1. The quantitative estimate of drug-likeness (QED) is 0.528. The number of fused-ring (bicyclic) bond motifs is 3. The third kappa shape index (κ3) is 2.55. The molecule has 0 N–H and O–H groups in total. The Kier molecular flexibility index (Phi) is 4.00.